The van der Waals surface area contributed by atoms with Gasteiger partial charge >= 0.3 is 89.5 Å². The van der Waals surface area contributed by atoms with E-state index >= 15 is 0 Å². The standard InChI is InChI=1S/C66H72N2O20S2.C28H36O10.C10H4N2O2S2.FH/c1-8-52(69)81-37-65(3,4)39-83-56(73)30-28-54(71)79-34-32-41-10-22-47(23-11-41)85-60(75)43-14-18-45(19-15-43)62(77)87-50-26-27-51(59-58(50)89-64(90-59)49(36-67)68-7)88-63(78)46-20-16-44(17-21-46)61(76)86-48-24-12-42(13-25-48)33-35-80-55(72)29-31-57(74)84-40-66(5,6)38-82-53(70)9-2;1-4-23(29)36-17-28(2,3)18-37-25(31)14-13-24(30)35-16-15-19-5-11-22(12-6-19)38-27(34)21-9-7-20(8-10-21)26(32)33;1-12-5(4-11)10-15-8-6(13)2-3-7(14)9(8)16-10;/h8-13,22-27,43-46H,1-2,14-21,28-35,37-40H2,3-6H3;4-6,11-12,20-21H,1,7-10,13-18H2,2-3H3,(H,32,33);2-3,13-14H;1H. The molecule has 36 nitrogen and oxygen atoms in total. The van der Waals surface area contributed by atoms with E-state index in [1.54, 1.807) is 120 Å². The number of thioether (sulfide) groups is 4. The molecule has 0 saturated heterocycles. The van der Waals surface area contributed by atoms with Crippen LogP contribution in [0.25, 0.3) is 9.69 Å². The molecule has 2 heterocycles. The van der Waals surface area contributed by atoms with Gasteiger partial charge in [-0.1, -0.05) is 145 Å². The summed E-state index contributed by atoms with van der Waals surface area (Å²) in [6.45, 7) is 35.3. The highest BCUT2D eigenvalue weighted by molar-refractivity contribution is 8.25. The van der Waals surface area contributed by atoms with E-state index in [4.69, 9.17) is 89.8 Å². The minimum absolute atomic E-state index is 0. The lowest BCUT2D eigenvalue weighted by atomic mass is 9.82. The highest BCUT2D eigenvalue weighted by Gasteiger charge is 2.39. The molecule has 3 fully saturated rings. The number of aromatic hydroxyl groups is 2. The first-order valence-corrected chi connectivity index (χ1v) is 49.3. The zero-order valence-corrected chi connectivity index (χ0v) is 84.0. The number of esters is 14. The van der Waals surface area contributed by atoms with Crippen molar-refractivity contribution in [1.82, 2.24) is 0 Å². The molecule has 0 atom stereocenters. The van der Waals surface area contributed by atoms with Crippen LogP contribution in [-0.4, -0.2) is 164 Å². The Labute approximate surface area is 854 Å². The molecule has 145 heavy (non-hydrogen) atoms. The molecule has 3 aliphatic carbocycles. The van der Waals surface area contributed by atoms with Crippen LogP contribution >= 0.6 is 47.0 Å². The molecule has 0 radical (unpaired) electrons. The van der Waals surface area contributed by atoms with Gasteiger partial charge in [0.05, 0.1) is 187 Å². The second-order valence-electron chi connectivity index (χ2n) is 36.0. The molecule has 5 aromatic carbocycles. The Balaban J connectivity index is 0.000000420. The van der Waals surface area contributed by atoms with Crippen molar-refractivity contribution in [3.05, 3.63) is 194 Å². The predicted molar refractivity (Wildman–Crippen MR) is 521 cm³/mol. The van der Waals surface area contributed by atoms with E-state index in [0.717, 1.165) is 82.0 Å². The number of halogens is 1. The van der Waals surface area contributed by atoms with Gasteiger partial charge in [0.15, 0.2) is 0 Å². The van der Waals surface area contributed by atoms with Crippen molar-refractivity contribution in [3.63, 3.8) is 0 Å². The van der Waals surface area contributed by atoms with Crippen molar-refractivity contribution in [2.24, 2.45) is 51.8 Å². The van der Waals surface area contributed by atoms with Gasteiger partial charge in [0.2, 0.25) is 0 Å². The summed E-state index contributed by atoms with van der Waals surface area (Å²) >= 11 is 4.38. The molecule has 2 aliphatic heterocycles. The van der Waals surface area contributed by atoms with Gasteiger partial charge in [-0.25, -0.2) is 34.6 Å². The summed E-state index contributed by atoms with van der Waals surface area (Å²) in [6, 6.07) is 29.8. The number of carboxylic acids is 1. The van der Waals surface area contributed by atoms with Crippen LogP contribution in [0.4, 0.5) is 4.70 Å². The number of carboxylic acid groups (broad SMARTS) is 1. The van der Waals surface area contributed by atoms with Crippen molar-refractivity contribution in [1.29, 1.82) is 10.5 Å². The zero-order chi connectivity index (χ0) is 105. The number of phenols is 2. The fourth-order valence-electron chi connectivity index (χ4n) is 14.1. The second-order valence-corrected chi connectivity index (χ2v) is 40.6. The number of nitriles is 2. The van der Waals surface area contributed by atoms with E-state index in [1.807, 2.05) is 6.07 Å². The van der Waals surface area contributed by atoms with Gasteiger partial charge in [0.25, 0.3) is 11.4 Å². The van der Waals surface area contributed by atoms with Crippen molar-refractivity contribution in [2.75, 3.05) is 59.5 Å². The summed E-state index contributed by atoms with van der Waals surface area (Å²) in [7, 11) is 0. The Hall–Kier alpha value is -14.3. The van der Waals surface area contributed by atoms with Crippen LogP contribution < -0.4 is 23.7 Å². The van der Waals surface area contributed by atoms with Gasteiger partial charge in [-0.05, 0) is 154 Å². The molecule has 3 saturated carbocycles. The number of hydrogen-bond donors (Lipinski definition) is 3. The van der Waals surface area contributed by atoms with Gasteiger partial charge in [-0.15, -0.1) is 0 Å². The minimum atomic E-state index is -0.817. The first-order chi connectivity index (χ1) is 68.6. The van der Waals surface area contributed by atoms with Gasteiger partial charge in [-0.2, -0.15) is 0 Å². The molecular weight excluding hydrogens is 1960 g/mol. The molecule has 0 bridgehead atoms. The topological polar surface area (TPSA) is 502 Å². The van der Waals surface area contributed by atoms with E-state index in [-0.39, 0.29) is 155 Å². The molecular formula is C104H113FN4O32S4. The van der Waals surface area contributed by atoms with Crippen LogP contribution in [0.2, 0.25) is 0 Å². The van der Waals surface area contributed by atoms with E-state index in [9.17, 15) is 87.4 Å². The van der Waals surface area contributed by atoms with Crippen LogP contribution in [0.5, 0.6) is 40.2 Å². The number of nitrogens with zero attached hydrogens (tertiary/aromatic N) is 4. The smallest absolute Gasteiger partial charge is 0.330 e. The maximum Gasteiger partial charge on any atom is 0.330 e. The van der Waals surface area contributed by atoms with E-state index < -0.39 is 123 Å². The van der Waals surface area contributed by atoms with Crippen molar-refractivity contribution < 1.29 is 158 Å². The number of ether oxygens (including phenoxy) is 14. The summed E-state index contributed by atoms with van der Waals surface area (Å²) in [5.41, 5.74) is 0.440. The molecule has 5 aliphatic rings. The highest BCUT2D eigenvalue weighted by Crippen LogP contribution is 2.60. The number of carbonyl (C=O) groups is 15. The summed E-state index contributed by atoms with van der Waals surface area (Å²) in [6.07, 6.45) is 8.14. The quantitative estimate of drug-likeness (QED) is 0.00620. The average Bonchev–Trinajstić information content (AvgIpc) is 1.63. The minimum Gasteiger partial charge on any atom is -0.507 e. The first-order valence-electron chi connectivity index (χ1n) is 46.0. The third kappa shape index (κ3) is 39.8. The van der Waals surface area contributed by atoms with E-state index in [0.29, 0.717) is 142 Å². The Morgan fingerprint density at radius 2 is 0.579 bits per heavy atom. The van der Waals surface area contributed by atoms with Crippen molar-refractivity contribution in [3.8, 4) is 52.4 Å². The molecule has 0 unspecified atom stereocenters. The molecule has 0 amide bonds. The van der Waals surface area contributed by atoms with Crippen LogP contribution in [-0.2, 0) is 134 Å². The molecule has 0 spiro atoms. The largest absolute Gasteiger partial charge is 0.507 e. The third-order valence-electron chi connectivity index (χ3n) is 22.5. The molecule has 10 rings (SSSR count). The lowest BCUT2D eigenvalue weighted by molar-refractivity contribution is -0.154. The van der Waals surface area contributed by atoms with Gasteiger partial charge in [0.1, 0.15) is 40.2 Å². The number of benzene rings is 5. The van der Waals surface area contributed by atoms with Crippen LogP contribution in [0.3, 0.4) is 0 Å². The van der Waals surface area contributed by atoms with E-state index in [1.165, 1.54) is 24.3 Å². The fourth-order valence-corrected chi connectivity index (χ4v) is 19.0. The Kier molecular flexibility index (Phi) is 47.5. The molecule has 41 heteroatoms. The van der Waals surface area contributed by atoms with Gasteiger partial charge in [0, 0.05) is 53.7 Å². The molecule has 3 N–H and O–H groups in total. The molecule has 0 aromatic heterocycles. The number of aliphatic carboxylic acids is 1. The number of allylic oxidation sites excluding steroid dienone is 2. The van der Waals surface area contributed by atoms with Gasteiger partial charge < -0.3 is 81.6 Å². The van der Waals surface area contributed by atoms with E-state index in [2.05, 4.69) is 29.4 Å². The van der Waals surface area contributed by atoms with Crippen LogP contribution in [0.1, 0.15) is 174 Å². The Morgan fingerprint density at radius 1 is 0.352 bits per heavy atom. The molecule has 772 valence electrons. The van der Waals surface area contributed by atoms with Gasteiger partial charge in [-0.3, -0.25) is 62.2 Å². The first kappa shape index (κ1) is 118. The highest BCUT2D eigenvalue weighted by atomic mass is 32.2. The number of phenolic OH excluding ortho intramolecular Hbond substituents is 2. The number of rotatable bonds is 44. The summed E-state index contributed by atoms with van der Waals surface area (Å²) in [5, 5.41) is 46.7. The average molecular weight is 2080 g/mol. The lowest BCUT2D eigenvalue weighted by Crippen LogP contribution is -2.30. The third-order valence-corrected chi connectivity index (χ3v) is 27.7. The maximum atomic E-state index is 13.7. The van der Waals surface area contributed by atoms with Crippen molar-refractivity contribution in [2.45, 2.75) is 196 Å². The second kappa shape index (κ2) is 58.5. The number of hydrogen-bond acceptors (Lipinski definition) is 37. The number of fused-ring (bicyclic) bond motifs is 2. The predicted octanol–water partition coefficient (Wildman–Crippen LogP) is 17.2. The Bertz CT molecular complexity index is 5520. The number of carbonyl (C=O) groups excluding carboxylic acids is 14. The maximum absolute atomic E-state index is 13.7. The summed E-state index contributed by atoms with van der Waals surface area (Å²) in [5.74, 6) is -9.53. The Morgan fingerprint density at radius 3 is 0.814 bits per heavy atom. The summed E-state index contributed by atoms with van der Waals surface area (Å²) < 4.78 is 75.8. The normalized spacial score (nSPS) is 16.3. The fraction of sp³-hybridized carbons (Fsp3) is 0.433. The van der Waals surface area contributed by atoms with Crippen LogP contribution in [0.15, 0.2) is 174 Å². The van der Waals surface area contributed by atoms with Crippen LogP contribution in [0, 0.1) is 87.6 Å². The SMILES string of the molecule is C=CC(=O)OCC(C)(C)COC(=O)CCC(=O)OCCc1ccc(OC(=O)C2CCC(C(=O)O)CC2)cc1.F.[C-]#[N+]C(C#N)=C1Sc2c(O)ccc(O)c2S1.[C-]#[N+]C(C#N)=C1Sc2c(OC(=O)C3CCC(C(=O)Oc4ccc(CCOC(=O)CCC(=O)OCC(C)(C)COC(=O)C=C)cc4)CC3)ccc(OC(=O)C3CCC(C(=O)Oc4ccc(CCOC(=O)CCC(=O)OCC(C)(C)COC(=O)C=C)cc4)CC3)c2S1. The lowest BCUT2D eigenvalue weighted by Gasteiger charge is -2.26. The molecule has 5 aromatic rings. The van der Waals surface area contributed by atoms with Crippen molar-refractivity contribution >= 4 is 137 Å². The monoisotopic (exact) mass is 2080 g/mol. The zero-order valence-electron chi connectivity index (χ0n) is 80.8. The summed E-state index contributed by atoms with van der Waals surface area (Å²) in [4.78, 5) is 192.